The predicted molar refractivity (Wildman–Crippen MR) is 130 cm³/mol. The van der Waals surface area contributed by atoms with Gasteiger partial charge in [0.1, 0.15) is 0 Å². The Balaban J connectivity index is 1.52. The van der Waals surface area contributed by atoms with Crippen LogP contribution in [0.15, 0.2) is 54.6 Å². The van der Waals surface area contributed by atoms with Crippen molar-refractivity contribution in [1.82, 2.24) is 0 Å². The van der Waals surface area contributed by atoms with Crippen LogP contribution >= 0.6 is 0 Å². The van der Waals surface area contributed by atoms with Gasteiger partial charge in [0.25, 0.3) is 5.91 Å². The van der Waals surface area contributed by atoms with Crippen LogP contribution in [-0.4, -0.2) is 42.2 Å². The lowest BCUT2D eigenvalue weighted by atomic mass is 10.0. The van der Waals surface area contributed by atoms with Gasteiger partial charge in [0, 0.05) is 18.3 Å². The first-order valence-electron chi connectivity index (χ1n) is 11.1. The molecule has 1 saturated heterocycles. The van der Waals surface area contributed by atoms with E-state index in [1.165, 1.54) is 13.2 Å². The Hall–Kier alpha value is -4.11. The number of aliphatic hydroxyl groups excluding tert-OH is 1. The van der Waals surface area contributed by atoms with Gasteiger partial charge in [0.2, 0.25) is 0 Å². The van der Waals surface area contributed by atoms with Crippen LogP contribution in [-0.2, 0) is 0 Å². The van der Waals surface area contributed by atoms with Crippen LogP contribution in [0, 0.1) is 10.1 Å². The third kappa shape index (κ3) is 3.80. The number of methoxy groups -OCH3 is 1. The summed E-state index contributed by atoms with van der Waals surface area (Å²) in [5.41, 5.74) is 4.93. The third-order valence-corrected chi connectivity index (χ3v) is 6.41. The number of nitrogens with one attached hydrogen (secondary N) is 2. The maximum atomic E-state index is 12.9. The molecule has 0 saturated carbocycles. The SMILES string of the molecule is COc1cc(-c2ccc3c(c2)Nc2cc(N4CCC[C@H]4CO)ccc2NC3=O)ccc1[N+](=O)[O-]. The monoisotopic (exact) mass is 460 g/mol. The fourth-order valence-electron chi connectivity index (χ4n) is 4.66. The molecule has 9 heteroatoms. The summed E-state index contributed by atoms with van der Waals surface area (Å²) in [4.78, 5) is 25.8. The fourth-order valence-corrected chi connectivity index (χ4v) is 4.66. The number of hydrogen-bond acceptors (Lipinski definition) is 7. The molecule has 2 heterocycles. The maximum absolute atomic E-state index is 12.9. The van der Waals surface area contributed by atoms with Gasteiger partial charge in [-0.25, -0.2) is 0 Å². The van der Waals surface area contributed by atoms with Gasteiger partial charge in [0.05, 0.1) is 47.3 Å². The lowest BCUT2D eigenvalue weighted by Crippen LogP contribution is -2.31. The van der Waals surface area contributed by atoms with E-state index in [2.05, 4.69) is 15.5 Å². The molecule has 2 aliphatic rings. The minimum Gasteiger partial charge on any atom is -0.490 e. The van der Waals surface area contributed by atoms with Crippen molar-refractivity contribution in [2.75, 3.05) is 35.8 Å². The number of rotatable bonds is 5. The van der Waals surface area contributed by atoms with Crippen LogP contribution in [0.3, 0.4) is 0 Å². The highest BCUT2D eigenvalue weighted by Gasteiger charge is 2.26. The van der Waals surface area contributed by atoms with Crippen LogP contribution in [0.5, 0.6) is 5.75 Å². The molecular formula is C25H24N4O5. The Morgan fingerprint density at radius 1 is 1.06 bits per heavy atom. The first-order valence-corrected chi connectivity index (χ1v) is 11.1. The molecule has 0 unspecified atom stereocenters. The molecule has 0 bridgehead atoms. The predicted octanol–water partition coefficient (Wildman–Crippen LogP) is 4.54. The lowest BCUT2D eigenvalue weighted by Gasteiger charge is -2.26. The molecule has 3 aromatic rings. The van der Waals surface area contributed by atoms with Crippen molar-refractivity contribution in [2.24, 2.45) is 0 Å². The number of hydrogen-bond donors (Lipinski definition) is 3. The Morgan fingerprint density at radius 2 is 1.85 bits per heavy atom. The number of carbonyl (C=O) groups is 1. The second-order valence-corrected chi connectivity index (χ2v) is 8.39. The molecule has 9 nitrogen and oxygen atoms in total. The zero-order valence-electron chi connectivity index (χ0n) is 18.6. The van der Waals surface area contributed by atoms with E-state index >= 15 is 0 Å². The molecular weight excluding hydrogens is 436 g/mol. The second-order valence-electron chi connectivity index (χ2n) is 8.39. The summed E-state index contributed by atoms with van der Waals surface area (Å²) in [6, 6.07) is 16.0. The van der Waals surface area contributed by atoms with Crippen molar-refractivity contribution in [3.8, 4) is 16.9 Å². The summed E-state index contributed by atoms with van der Waals surface area (Å²) in [7, 11) is 1.39. The summed E-state index contributed by atoms with van der Waals surface area (Å²) in [5.74, 6) is -0.0570. The number of benzene rings is 3. The van der Waals surface area contributed by atoms with Crippen molar-refractivity contribution >= 4 is 34.3 Å². The molecule has 0 aliphatic carbocycles. The van der Waals surface area contributed by atoms with E-state index in [1.807, 2.05) is 24.3 Å². The molecule has 0 aromatic heterocycles. The molecule has 1 amide bonds. The highest BCUT2D eigenvalue weighted by Crippen LogP contribution is 2.39. The van der Waals surface area contributed by atoms with E-state index in [4.69, 9.17) is 4.74 Å². The summed E-state index contributed by atoms with van der Waals surface area (Å²) >= 11 is 0. The minimum atomic E-state index is -0.484. The van der Waals surface area contributed by atoms with Crippen molar-refractivity contribution in [3.63, 3.8) is 0 Å². The maximum Gasteiger partial charge on any atom is 0.310 e. The number of amides is 1. The Bertz CT molecular complexity index is 1290. The van der Waals surface area contributed by atoms with Crippen molar-refractivity contribution in [3.05, 3.63) is 70.3 Å². The smallest absolute Gasteiger partial charge is 0.310 e. The number of nitrogens with zero attached hydrogens (tertiary/aromatic N) is 2. The van der Waals surface area contributed by atoms with Gasteiger partial charge in [-0.3, -0.25) is 14.9 Å². The van der Waals surface area contributed by atoms with Gasteiger partial charge in [0.15, 0.2) is 5.75 Å². The fraction of sp³-hybridized carbons (Fsp3) is 0.240. The molecule has 0 radical (unpaired) electrons. The molecule has 1 atom stereocenters. The summed E-state index contributed by atoms with van der Waals surface area (Å²) < 4.78 is 5.20. The number of aliphatic hydroxyl groups is 1. The van der Waals surface area contributed by atoms with Crippen molar-refractivity contribution in [1.29, 1.82) is 0 Å². The molecule has 2 aliphatic heterocycles. The van der Waals surface area contributed by atoms with E-state index in [-0.39, 0.29) is 30.0 Å². The van der Waals surface area contributed by atoms with Gasteiger partial charge in [-0.05, 0) is 66.4 Å². The van der Waals surface area contributed by atoms with E-state index in [9.17, 15) is 20.0 Å². The van der Waals surface area contributed by atoms with Crippen LogP contribution in [0.4, 0.5) is 28.4 Å². The molecule has 174 valence electrons. The zero-order valence-corrected chi connectivity index (χ0v) is 18.6. The average molecular weight is 460 g/mol. The van der Waals surface area contributed by atoms with Crippen LogP contribution < -0.4 is 20.3 Å². The molecule has 3 aromatic carbocycles. The van der Waals surface area contributed by atoms with Crippen molar-refractivity contribution < 1.29 is 19.6 Å². The zero-order chi connectivity index (χ0) is 23.8. The van der Waals surface area contributed by atoms with Crippen LogP contribution in [0.25, 0.3) is 11.1 Å². The molecule has 34 heavy (non-hydrogen) atoms. The van der Waals surface area contributed by atoms with E-state index in [1.54, 1.807) is 24.3 Å². The molecule has 1 fully saturated rings. The number of carbonyl (C=O) groups excluding carboxylic acids is 1. The third-order valence-electron chi connectivity index (χ3n) is 6.41. The van der Waals surface area contributed by atoms with E-state index in [0.717, 1.165) is 41.9 Å². The Labute approximate surface area is 196 Å². The number of nitro benzene ring substituents is 1. The quantitative estimate of drug-likeness (QED) is 0.378. The molecule has 5 rings (SSSR count). The van der Waals surface area contributed by atoms with Gasteiger partial charge in [-0.2, -0.15) is 0 Å². The minimum absolute atomic E-state index is 0.0921. The van der Waals surface area contributed by atoms with Gasteiger partial charge >= 0.3 is 5.69 Å². The average Bonchev–Trinajstić information content (AvgIpc) is 3.28. The molecule has 0 spiro atoms. The number of ether oxygens (including phenoxy) is 1. The normalized spacial score (nSPS) is 16.7. The van der Waals surface area contributed by atoms with Gasteiger partial charge < -0.3 is 25.4 Å². The highest BCUT2D eigenvalue weighted by atomic mass is 16.6. The van der Waals surface area contributed by atoms with Crippen LogP contribution in [0.1, 0.15) is 23.2 Å². The van der Waals surface area contributed by atoms with E-state index < -0.39 is 4.92 Å². The van der Waals surface area contributed by atoms with E-state index in [0.29, 0.717) is 16.9 Å². The molecule has 3 N–H and O–H groups in total. The summed E-state index contributed by atoms with van der Waals surface area (Å²) in [5, 5.41) is 27.3. The van der Waals surface area contributed by atoms with Crippen LogP contribution in [0.2, 0.25) is 0 Å². The lowest BCUT2D eigenvalue weighted by molar-refractivity contribution is -0.385. The Morgan fingerprint density at radius 3 is 2.62 bits per heavy atom. The number of anilines is 4. The van der Waals surface area contributed by atoms with Gasteiger partial charge in [-0.15, -0.1) is 0 Å². The second kappa shape index (κ2) is 8.68. The summed E-state index contributed by atoms with van der Waals surface area (Å²) in [6.07, 6.45) is 1.97. The standard InChI is InChI=1S/C25H24N4O5/c1-34-24-12-16(5-9-23(24)29(32)33)15-4-7-19-21(11-15)26-22-13-17(6-8-20(22)27-25(19)31)28-10-2-3-18(28)14-30/h4-9,11-13,18,26,30H,2-3,10,14H2,1H3,(H,27,31)/t18-/m0/s1. The number of fused-ring (bicyclic) bond motifs is 2. The largest absolute Gasteiger partial charge is 0.490 e. The first-order chi connectivity index (χ1) is 16.5. The highest BCUT2D eigenvalue weighted by molar-refractivity contribution is 6.12. The Kier molecular flexibility index (Phi) is 5.54. The first kappa shape index (κ1) is 21.7. The summed E-state index contributed by atoms with van der Waals surface area (Å²) in [6.45, 7) is 0.977. The number of nitro groups is 1. The van der Waals surface area contributed by atoms with Crippen molar-refractivity contribution in [2.45, 2.75) is 18.9 Å². The van der Waals surface area contributed by atoms with Gasteiger partial charge in [-0.1, -0.05) is 6.07 Å². The topological polar surface area (TPSA) is 117 Å².